The quantitative estimate of drug-likeness (QED) is 0.615. The lowest BCUT2D eigenvalue weighted by molar-refractivity contribution is 0.587. The van der Waals surface area contributed by atoms with Crippen molar-refractivity contribution >= 4 is 27.1 Å². The average Bonchev–Trinajstić information content (AvgIpc) is 2.28. The van der Waals surface area contributed by atoms with E-state index in [1.807, 2.05) is 0 Å². The second-order valence-corrected chi connectivity index (χ2v) is 6.93. The van der Waals surface area contributed by atoms with Crippen LogP contribution in [-0.4, -0.2) is 14.2 Å². The third kappa shape index (κ3) is 4.50. The molecule has 0 bridgehead atoms. The number of anilines is 1. The molecule has 102 valence electrons. The molecule has 0 fully saturated rings. The van der Waals surface area contributed by atoms with Gasteiger partial charge in [0.1, 0.15) is 0 Å². The molecular weight excluding hydrogens is 270 g/mol. The van der Waals surface area contributed by atoms with Gasteiger partial charge in [0.25, 0.3) is 0 Å². The van der Waals surface area contributed by atoms with Crippen molar-refractivity contribution in [1.82, 2.24) is 0 Å². The van der Waals surface area contributed by atoms with Gasteiger partial charge in [-0.15, -0.1) is 0 Å². The molecule has 0 unspecified atom stereocenters. The van der Waals surface area contributed by atoms with Crippen LogP contribution in [0, 0.1) is 0 Å². The number of nitrogens with two attached hydrogens (primary N) is 1. The van der Waals surface area contributed by atoms with Gasteiger partial charge < -0.3 is 5.73 Å². The normalized spacial score (nSPS) is 11.7. The summed E-state index contributed by atoms with van der Waals surface area (Å²) in [5.41, 5.74) is 5.93. The smallest absolute Gasteiger partial charge is 0.180 e. The van der Waals surface area contributed by atoms with E-state index in [0.29, 0.717) is 11.4 Å². The molecule has 2 N–H and O–H groups in total. The fourth-order valence-electron chi connectivity index (χ4n) is 1.81. The second kappa shape index (κ2) is 7.00. The predicted octanol–water partition coefficient (Wildman–Crippen LogP) is 3.67. The Morgan fingerprint density at radius 1 is 1.17 bits per heavy atom. The summed E-state index contributed by atoms with van der Waals surface area (Å²) >= 11 is 5.75. The fraction of sp³-hybridized carbons (Fsp3) is 0.538. The van der Waals surface area contributed by atoms with E-state index in [2.05, 4.69) is 6.92 Å². The highest BCUT2D eigenvalue weighted by Crippen LogP contribution is 2.24. The molecule has 0 amide bonds. The van der Waals surface area contributed by atoms with Crippen molar-refractivity contribution in [1.29, 1.82) is 0 Å². The second-order valence-electron chi connectivity index (χ2n) is 4.42. The minimum atomic E-state index is -3.28. The maximum Gasteiger partial charge on any atom is 0.180 e. The summed E-state index contributed by atoms with van der Waals surface area (Å²) in [7, 11) is -3.28. The van der Waals surface area contributed by atoms with Gasteiger partial charge in [-0.3, -0.25) is 0 Å². The van der Waals surface area contributed by atoms with Crippen LogP contribution in [0.5, 0.6) is 0 Å². The maximum absolute atomic E-state index is 12.1. The van der Waals surface area contributed by atoms with E-state index >= 15 is 0 Å². The molecule has 0 saturated carbocycles. The van der Waals surface area contributed by atoms with Crippen molar-refractivity contribution in [2.45, 2.75) is 43.9 Å². The first-order valence-corrected chi connectivity index (χ1v) is 8.28. The van der Waals surface area contributed by atoms with E-state index in [1.165, 1.54) is 12.1 Å². The van der Waals surface area contributed by atoms with Gasteiger partial charge in [-0.05, 0) is 24.6 Å². The van der Waals surface area contributed by atoms with Gasteiger partial charge in [0.2, 0.25) is 0 Å². The van der Waals surface area contributed by atoms with Crippen LogP contribution in [0.3, 0.4) is 0 Å². The molecule has 1 aromatic carbocycles. The summed E-state index contributed by atoms with van der Waals surface area (Å²) in [6, 6.07) is 4.52. The van der Waals surface area contributed by atoms with Crippen molar-refractivity contribution in [3.05, 3.63) is 23.2 Å². The molecule has 0 spiro atoms. The summed E-state index contributed by atoms with van der Waals surface area (Å²) in [4.78, 5) is 0.197. The maximum atomic E-state index is 12.1. The summed E-state index contributed by atoms with van der Waals surface area (Å²) in [5.74, 6) is 0.155. The van der Waals surface area contributed by atoms with Crippen LogP contribution in [-0.2, 0) is 9.84 Å². The third-order valence-corrected chi connectivity index (χ3v) is 4.93. The summed E-state index contributed by atoms with van der Waals surface area (Å²) in [6.07, 6.45) is 5.02. The van der Waals surface area contributed by atoms with Crippen LogP contribution in [0.2, 0.25) is 5.02 Å². The highest BCUT2D eigenvalue weighted by atomic mass is 35.5. The third-order valence-electron chi connectivity index (χ3n) is 2.82. The number of hydrogen-bond donors (Lipinski definition) is 1. The molecule has 5 heteroatoms. The van der Waals surface area contributed by atoms with E-state index in [9.17, 15) is 8.42 Å². The first-order valence-electron chi connectivity index (χ1n) is 6.25. The molecule has 3 nitrogen and oxygen atoms in total. The SMILES string of the molecule is CCCCCCCS(=O)(=O)c1ccc(Cl)cc1N. The van der Waals surface area contributed by atoms with Crippen LogP contribution in [0.25, 0.3) is 0 Å². The lowest BCUT2D eigenvalue weighted by atomic mass is 10.2. The van der Waals surface area contributed by atoms with Crippen LogP contribution >= 0.6 is 11.6 Å². The molecule has 1 aromatic rings. The summed E-state index contributed by atoms with van der Waals surface area (Å²) < 4.78 is 24.1. The molecule has 0 aliphatic carbocycles. The Morgan fingerprint density at radius 2 is 1.83 bits per heavy atom. The van der Waals surface area contributed by atoms with Crippen LogP contribution in [0.1, 0.15) is 39.0 Å². The average molecular weight is 290 g/mol. The van der Waals surface area contributed by atoms with E-state index in [-0.39, 0.29) is 16.3 Å². The molecule has 0 aliphatic rings. The zero-order chi connectivity index (χ0) is 13.6. The number of rotatable bonds is 7. The van der Waals surface area contributed by atoms with Crippen LogP contribution in [0.15, 0.2) is 23.1 Å². The fourth-order valence-corrected chi connectivity index (χ4v) is 3.49. The van der Waals surface area contributed by atoms with Crippen molar-refractivity contribution in [3.63, 3.8) is 0 Å². The molecule has 1 rings (SSSR count). The monoisotopic (exact) mass is 289 g/mol. The summed E-state index contributed by atoms with van der Waals surface area (Å²) in [6.45, 7) is 2.13. The number of halogens is 1. The Labute approximate surface area is 114 Å². The first kappa shape index (κ1) is 15.3. The molecule has 0 radical (unpaired) electrons. The van der Waals surface area contributed by atoms with E-state index in [0.717, 1.165) is 25.7 Å². The zero-order valence-electron chi connectivity index (χ0n) is 10.7. The standard InChI is InChI=1S/C13H20ClNO2S/c1-2-3-4-5-6-9-18(16,17)13-8-7-11(14)10-12(13)15/h7-8,10H,2-6,9,15H2,1H3. The lowest BCUT2D eigenvalue weighted by Gasteiger charge is -2.07. The molecule has 0 heterocycles. The molecule has 0 aromatic heterocycles. The van der Waals surface area contributed by atoms with Crippen LogP contribution < -0.4 is 5.73 Å². The number of hydrogen-bond acceptors (Lipinski definition) is 3. The Bertz CT molecular complexity index is 486. The van der Waals surface area contributed by atoms with Crippen molar-refractivity contribution < 1.29 is 8.42 Å². The van der Waals surface area contributed by atoms with E-state index in [4.69, 9.17) is 17.3 Å². The Kier molecular flexibility index (Phi) is 5.96. The molecule has 0 saturated heterocycles. The summed E-state index contributed by atoms with van der Waals surface area (Å²) in [5, 5.41) is 0.453. The Hall–Kier alpha value is -0.740. The highest BCUT2D eigenvalue weighted by molar-refractivity contribution is 7.91. The van der Waals surface area contributed by atoms with Gasteiger partial charge >= 0.3 is 0 Å². The van der Waals surface area contributed by atoms with Gasteiger partial charge in [0.05, 0.1) is 16.3 Å². The van der Waals surface area contributed by atoms with Gasteiger partial charge in [0, 0.05) is 5.02 Å². The van der Waals surface area contributed by atoms with E-state index in [1.54, 1.807) is 6.07 Å². The number of unbranched alkanes of at least 4 members (excludes halogenated alkanes) is 4. The molecule has 18 heavy (non-hydrogen) atoms. The highest BCUT2D eigenvalue weighted by Gasteiger charge is 2.17. The van der Waals surface area contributed by atoms with Crippen LogP contribution in [0.4, 0.5) is 5.69 Å². The predicted molar refractivity (Wildman–Crippen MR) is 76.7 cm³/mol. The first-order chi connectivity index (χ1) is 8.47. The zero-order valence-corrected chi connectivity index (χ0v) is 12.2. The number of benzene rings is 1. The Balaban J connectivity index is 2.63. The lowest BCUT2D eigenvalue weighted by Crippen LogP contribution is -2.09. The van der Waals surface area contributed by atoms with Gasteiger partial charge in [-0.2, -0.15) is 0 Å². The van der Waals surface area contributed by atoms with Crippen molar-refractivity contribution in [2.75, 3.05) is 11.5 Å². The minimum Gasteiger partial charge on any atom is -0.398 e. The van der Waals surface area contributed by atoms with Crippen molar-refractivity contribution in [2.24, 2.45) is 0 Å². The topological polar surface area (TPSA) is 60.2 Å². The van der Waals surface area contributed by atoms with Gasteiger partial charge in [-0.1, -0.05) is 44.2 Å². The Morgan fingerprint density at radius 3 is 2.44 bits per heavy atom. The van der Waals surface area contributed by atoms with Crippen molar-refractivity contribution in [3.8, 4) is 0 Å². The molecule has 0 aliphatic heterocycles. The number of sulfone groups is 1. The largest absolute Gasteiger partial charge is 0.398 e. The molecule has 0 atom stereocenters. The van der Waals surface area contributed by atoms with E-state index < -0.39 is 9.84 Å². The minimum absolute atomic E-state index is 0.155. The number of nitrogen functional groups attached to an aromatic ring is 1. The van der Waals surface area contributed by atoms with Gasteiger partial charge in [-0.25, -0.2) is 8.42 Å². The molecular formula is C13H20ClNO2S. The van der Waals surface area contributed by atoms with Gasteiger partial charge in [0.15, 0.2) is 9.84 Å².